The molecule has 0 aliphatic heterocycles. The Morgan fingerprint density at radius 2 is 1.89 bits per heavy atom. The number of hydrogen-bond donors (Lipinski definition) is 1. The highest BCUT2D eigenvalue weighted by atomic mass is 79.9. The van der Waals surface area contributed by atoms with Gasteiger partial charge in [0.15, 0.2) is 0 Å². The van der Waals surface area contributed by atoms with Gasteiger partial charge < -0.3 is 10.2 Å². The monoisotopic (exact) mass is 478 g/mol. The first-order valence-electron chi connectivity index (χ1n) is 8.94. The summed E-state index contributed by atoms with van der Waals surface area (Å²) in [5.74, 6) is 1.17. The minimum absolute atomic E-state index is 0.143. The van der Waals surface area contributed by atoms with Gasteiger partial charge in [0.2, 0.25) is 8.32 Å². The van der Waals surface area contributed by atoms with E-state index in [9.17, 15) is 0 Å². The summed E-state index contributed by atoms with van der Waals surface area (Å²) in [5.41, 5.74) is 8.30. The maximum absolute atomic E-state index is 6.50. The van der Waals surface area contributed by atoms with Crippen LogP contribution in [-0.2, 0) is 0 Å². The van der Waals surface area contributed by atoms with Crippen molar-refractivity contribution in [1.29, 1.82) is 0 Å². The van der Waals surface area contributed by atoms with Gasteiger partial charge in [-0.1, -0.05) is 32.4 Å². The average molecular weight is 480 g/mol. The molecule has 0 bridgehead atoms. The number of nitrogens with two attached hydrogens (primary N) is 1. The zero-order valence-corrected chi connectivity index (χ0v) is 20.0. The molecule has 0 unspecified atom stereocenters. The minimum atomic E-state index is -1.87. The molecular weight excluding hydrogens is 456 g/mol. The number of nitrogens with zero attached hydrogens (tertiary/aromatic N) is 3. The number of amidine groups is 1. The first kappa shape index (κ1) is 20.9. The summed E-state index contributed by atoms with van der Waals surface area (Å²) in [5, 5.41) is 4.99. The molecule has 0 amide bonds. The smallest absolute Gasteiger partial charge is 0.250 e. The summed E-state index contributed by atoms with van der Waals surface area (Å²) < 4.78 is 8.89. The van der Waals surface area contributed by atoms with Crippen LogP contribution >= 0.6 is 27.5 Å². The Balaban J connectivity index is 1.85. The van der Waals surface area contributed by atoms with E-state index in [1.807, 2.05) is 36.5 Å². The minimum Gasteiger partial charge on any atom is -0.544 e. The van der Waals surface area contributed by atoms with Crippen molar-refractivity contribution < 1.29 is 4.43 Å². The molecule has 0 aliphatic rings. The van der Waals surface area contributed by atoms with E-state index in [2.05, 4.69) is 59.9 Å². The quantitative estimate of drug-likeness (QED) is 0.276. The molecule has 0 atom stereocenters. The van der Waals surface area contributed by atoms with Crippen LogP contribution in [0.1, 0.15) is 26.3 Å². The van der Waals surface area contributed by atoms with Gasteiger partial charge in [-0.05, 0) is 64.4 Å². The van der Waals surface area contributed by atoms with Crippen LogP contribution in [0.5, 0.6) is 5.75 Å². The van der Waals surface area contributed by atoms with Gasteiger partial charge in [-0.2, -0.15) is 5.10 Å². The molecule has 0 saturated carbocycles. The van der Waals surface area contributed by atoms with E-state index in [0.717, 1.165) is 21.4 Å². The van der Waals surface area contributed by atoms with Crippen molar-refractivity contribution >= 4 is 52.9 Å². The molecule has 2 heterocycles. The summed E-state index contributed by atoms with van der Waals surface area (Å²) in [6, 6.07) is 9.53. The Labute approximate surface area is 179 Å². The number of aliphatic imine (C=N–C) groups is 1. The molecule has 0 spiro atoms. The Hall–Kier alpha value is -1.83. The second-order valence-corrected chi connectivity index (χ2v) is 14.2. The Bertz CT molecular complexity index is 1040. The highest BCUT2D eigenvalue weighted by molar-refractivity contribution is 9.10. The predicted molar refractivity (Wildman–Crippen MR) is 123 cm³/mol. The first-order chi connectivity index (χ1) is 13.0. The number of rotatable bonds is 4. The van der Waals surface area contributed by atoms with Gasteiger partial charge in [-0.3, -0.25) is 0 Å². The van der Waals surface area contributed by atoms with Gasteiger partial charge in [-0.15, -0.1) is 0 Å². The molecule has 28 heavy (non-hydrogen) atoms. The lowest BCUT2D eigenvalue weighted by atomic mass is 10.2. The fourth-order valence-corrected chi connectivity index (χ4v) is 4.14. The largest absolute Gasteiger partial charge is 0.544 e. The lowest BCUT2D eigenvalue weighted by Gasteiger charge is -2.36. The number of fused-ring (bicyclic) bond motifs is 1. The summed E-state index contributed by atoms with van der Waals surface area (Å²) in [7, 11) is -1.87. The third kappa shape index (κ3) is 4.26. The van der Waals surface area contributed by atoms with Crippen molar-refractivity contribution in [3.05, 3.63) is 57.8 Å². The third-order valence-electron chi connectivity index (χ3n) is 5.08. The number of benzene rings is 1. The number of halogens is 2. The van der Waals surface area contributed by atoms with Crippen LogP contribution in [0.25, 0.3) is 5.52 Å². The lowest BCUT2D eigenvalue weighted by molar-refractivity contribution is 0.492. The molecule has 2 aromatic heterocycles. The van der Waals surface area contributed by atoms with Crippen molar-refractivity contribution in [1.82, 2.24) is 9.61 Å². The van der Waals surface area contributed by atoms with E-state index < -0.39 is 8.32 Å². The molecule has 0 aliphatic carbocycles. The van der Waals surface area contributed by atoms with E-state index in [1.54, 1.807) is 10.7 Å². The van der Waals surface area contributed by atoms with Crippen LogP contribution in [-0.4, -0.2) is 23.8 Å². The molecule has 8 heteroatoms. The molecule has 1 aromatic carbocycles. The number of hydrogen-bond acceptors (Lipinski definition) is 3. The van der Waals surface area contributed by atoms with Crippen LogP contribution in [0.3, 0.4) is 0 Å². The molecule has 0 saturated heterocycles. The summed E-state index contributed by atoms with van der Waals surface area (Å²) in [4.78, 5) is 4.49. The normalized spacial score (nSPS) is 13.2. The van der Waals surface area contributed by atoms with Crippen LogP contribution in [0.2, 0.25) is 23.2 Å². The zero-order valence-electron chi connectivity index (χ0n) is 16.6. The van der Waals surface area contributed by atoms with E-state index >= 15 is 0 Å². The summed E-state index contributed by atoms with van der Waals surface area (Å²) >= 11 is 9.92. The van der Waals surface area contributed by atoms with Crippen LogP contribution in [0, 0.1) is 0 Å². The molecule has 3 rings (SSSR count). The molecule has 5 nitrogen and oxygen atoms in total. The Morgan fingerprint density at radius 3 is 2.50 bits per heavy atom. The summed E-state index contributed by atoms with van der Waals surface area (Å²) in [6.45, 7) is 11.1. The van der Waals surface area contributed by atoms with E-state index in [1.165, 1.54) is 0 Å². The van der Waals surface area contributed by atoms with Crippen molar-refractivity contribution in [2.45, 2.75) is 38.9 Å². The maximum Gasteiger partial charge on any atom is 0.250 e. The van der Waals surface area contributed by atoms with Crippen molar-refractivity contribution in [2.24, 2.45) is 10.7 Å². The highest BCUT2D eigenvalue weighted by Gasteiger charge is 2.38. The molecule has 148 valence electrons. The SMILES string of the molecule is CC(C)(C)[Si](C)(C)Oc1ccc(/N=C(\N)c2cnn3cc(Br)cc3c2Cl)cc1. The topological polar surface area (TPSA) is 64.9 Å². The second kappa shape index (κ2) is 7.53. The van der Waals surface area contributed by atoms with Crippen LogP contribution < -0.4 is 10.2 Å². The average Bonchev–Trinajstić information content (AvgIpc) is 2.97. The van der Waals surface area contributed by atoms with Crippen LogP contribution in [0.4, 0.5) is 5.69 Å². The van der Waals surface area contributed by atoms with Gasteiger partial charge in [0, 0.05) is 10.7 Å². The van der Waals surface area contributed by atoms with E-state index in [-0.39, 0.29) is 5.04 Å². The Morgan fingerprint density at radius 1 is 1.25 bits per heavy atom. The molecule has 0 fully saturated rings. The summed E-state index contributed by atoms with van der Waals surface area (Å²) in [6.07, 6.45) is 3.45. The highest BCUT2D eigenvalue weighted by Crippen LogP contribution is 2.37. The van der Waals surface area contributed by atoms with Crippen LogP contribution in [0.15, 0.2) is 52.2 Å². The fraction of sp³-hybridized carbons (Fsp3) is 0.300. The third-order valence-corrected chi connectivity index (χ3v) is 10.3. The molecule has 2 N–H and O–H groups in total. The van der Waals surface area contributed by atoms with Crippen molar-refractivity contribution in [3.8, 4) is 5.75 Å². The van der Waals surface area contributed by atoms with Crippen molar-refractivity contribution in [3.63, 3.8) is 0 Å². The molecule has 0 radical (unpaired) electrons. The van der Waals surface area contributed by atoms with Gasteiger partial charge in [-0.25, -0.2) is 9.51 Å². The fourth-order valence-electron chi connectivity index (χ4n) is 2.41. The first-order valence-corrected chi connectivity index (χ1v) is 13.0. The van der Waals surface area contributed by atoms with E-state index in [0.29, 0.717) is 16.4 Å². The van der Waals surface area contributed by atoms with E-state index in [4.69, 9.17) is 21.8 Å². The second-order valence-electron chi connectivity index (χ2n) is 8.21. The zero-order chi connectivity index (χ0) is 20.7. The lowest BCUT2D eigenvalue weighted by Crippen LogP contribution is -2.43. The standard InChI is InChI=1S/C20H24BrClN4OSi/c1-20(2,3)28(4,5)27-15-8-6-14(7-9-15)25-19(23)16-11-24-26-12-13(21)10-17(26)18(16)22/h6-12H,1-5H3,(H2,23,25). The van der Waals surface area contributed by atoms with Gasteiger partial charge >= 0.3 is 0 Å². The molecule has 3 aromatic rings. The van der Waals surface area contributed by atoms with Gasteiger partial charge in [0.25, 0.3) is 0 Å². The van der Waals surface area contributed by atoms with Gasteiger partial charge in [0.1, 0.15) is 11.6 Å². The molecular formula is C20H24BrClN4OSi. The maximum atomic E-state index is 6.50. The predicted octanol–water partition coefficient (Wildman–Crippen LogP) is 6.17. The number of aromatic nitrogens is 2. The van der Waals surface area contributed by atoms with Gasteiger partial charge in [0.05, 0.1) is 28.0 Å². The van der Waals surface area contributed by atoms with Crippen molar-refractivity contribution in [2.75, 3.05) is 0 Å². The Kier molecular flexibility index (Phi) is 5.62.